The largest absolute Gasteiger partial charge is 0.275 e. The van der Waals surface area contributed by atoms with E-state index in [4.69, 9.17) is 0 Å². The number of nitrogens with zero attached hydrogens (tertiary/aromatic N) is 2. The lowest BCUT2D eigenvalue weighted by Gasteiger charge is -2.27. The third-order valence-corrected chi connectivity index (χ3v) is 2.63. The van der Waals surface area contributed by atoms with Gasteiger partial charge in [0.1, 0.15) is 0 Å². The summed E-state index contributed by atoms with van der Waals surface area (Å²) in [6, 6.07) is 9.39. The second-order valence-electron chi connectivity index (χ2n) is 4.00. The average molecular weight is 230 g/mol. The first-order valence-electron chi connectivity index (χ1n) is 5.46. The smallest absolute Gasteiger partial charge is 0.274 e. The van der Waals surface area contributed by atoms with Crippen LogP contribution in [0.1, 0.15) is 13.3 Å². The van der Waals surface area contributed by atoms with Gasteiger partial charge in [-0.25, -0.2) is 0 Å². The van der Waals surface area contributed by atoms with Crippen molar-refractivity contribution in [2.75, 3.05) is 11.6 Å². The Morgan fingerprint density at radius 3 is 2.53 bits per heavy atom. The van der Waals surface area contributed by atoms with Gasteiger partial charge in [-0.05, 0) is 19.1 Å². The maximum Gasteiger partial charge on any atom is 0.274 e. The van der Waals surface area contributed by atoms with Gasteiger partial charge in [-0.3, -0.25) is 14.6 Å². The van der Waals surface area contributed by atoms with Gasteiger partial charge in [-0.2, -0.15) is 5.01 Å². The molecule has 1 saturated heterocycles. The normalized spacial score (nSPS) is 15.2. The monoisotopic (exact) mass is 230 g/mol. The molecule has 2 rings (SSSR count). The lowest BCUT2D eigenvalue weighted by atomic mass is 10.3. The first-order valence-corrected chi connectivity index (χ1v) is 5.46. The number of hydrogen-bond acceptors (Lipinski definition) is 3. The molecule has 0 aliphatic carbocycles. The molecule has 0 radical (unpaired) electrons. The Labute approximate surface area is 100 Å². The molecule has 88 valence electrons. The topological polar surface area (TPSA) is 40.6 Å². The Balaban J connectivity index is 2.32. The number of amides is 2. The highest BCUT2D eigenvalue weighted by atomic mass is 16.2. The minimum atomic E-state index is -0.337. The number of benzene rings is 1. The highest BCUT2D eigenvalue weighted by Gasteiger charge is 2.34. The fourth-order valence-corrected chi connectivity index (χ4v) is 1.79. The Bertz CT molecular complexity index is 468. The number of hydrazine groups is 1. The molecule has 1 aliphatic heterocycles. The second-order valence-corrected chi connectivity index (χ2v) is 4.00. The molecule has 0 spiro atoms. The number of para-hydroxylation sites is 1. The number of anilines is 1. The van der Waals surface area contributed by atoms with E-state index in [9.17, 15) is 9.59 Å². The van der Waals surface area contributed by atoms with E-state index in [0.717, 1.165) is 5.69 Å². The summed E-state index contributed by atoms with van der Waals surface area (Å²) in [6.07, 6.45) is 0.355. The fourth-order valence-electron chi connectivity index (χ4n) is 1.79. The van der Waals surface area contributed by atoms with Gasteiger partial charge in [0.15, 0.2) is 0 Å². The minimum absolute atomic E-state index is 0.179. The van der Waals surface area contributed by atoms with E-state index < -0.39 is 0 Å². The molecule has 1 fully saturated rings. The van der Waals surface area contributed by atoms with E-state index in [2.05, 4.69) is 6.58 Å². The molecular formula is C13H14N2O2. The van der Waals surface area contributed by atoms with Gasteiger partial charge in [-0.1, -0.05) is 24.8 Å². The summed E-state index contributed by atoms with van der Waals surface area (Å²) in [5, 5.41) is 2.87. The molecule has 1 heterocycles. The van der Waals surface area contributed by atoms with Crippen molar-refractivity contribution in [3.8, 4) is 0 Å². The van der Waals surface area contributed by atoms with Crippen LogP contribution in [-0.4, -0.2) is 23.4 Å². The number of imide groups is 1. The van der Waals surface area contributed by atoms with Crippen molar-refractivity contribution in [3.05, 3.63) is 42.5 Å². The lowest BCUT2D eigenvalue weighted by Crippen LogP contribution is -2.44. The molecule has 0 saturated carbocycles. The van der Waals surface area contributed by atoms with E-state index in [1.54, 1.807) is 11.9 Å². The summed E-state index contributed by atoms with van der Waals surface area (Å²) >= 11 is 0. The predicted molar refractivity (Wildman–Crippen MR) is 65.1 cm³/mol. The molecule has 4 nitrogen and oxygen atoms in total. The van der Waals surface area contributed by atoms with Crippen LogP contribution < -0.4 is 5.01 Å². The SMILES string of the molecule is C=C(C)C(=O)N1C(=O)CCN1c1ccccc1. The van der Waals surface area contributed by atoms with E-state index in [1.165, 1.54) is 5.01 Å². The van der Waals surface area contributed by atoms with E-state index in [1.807, 2.05) is 30.3 Å². The lowest BCUT2D eigenvalue weighted by molar-refractivity contribution is -0.140. The second kappa shape index (κ2) is 4.41. The summed E-state index contributed by atoms with van der Waals surface area (Å²) in [4.78, 5) is 23.6. The molecule has 2 amide bonds. The van der Waals surface area contributed by atoms with Crippen LogP contribution in [0, 0.1) is 0 Å². The van der Waals surface area contributed by atoms with E-state index in [-0.39, 0.29) is 11.8 Å². The summed E-state index contributed by atoms with van der Waals surface area (Å²) in [5.41, 5.74) is 1.20. The van der Waals surface area contributed by atoms with Crippen LogP contribution in [0.3, 0.4) is 0 Å². The maximum absolute atomic E-state index is 11.9. The molecule has 17 heavy (non-hydrogen) atoms. The molecule has 1 aromatic carbocycles. The Hall–Kier alpha value is -2.10. The molecule has 1 aromatic rings. The van der Waals surface area contributed by atoms with Crippen molar-refractivity contribution in [1.82, 2.24) is 5.01 Å². The van der Waals surface area contributed by atoms with E-state index in [0.29, 0.717) is 18.5 Å². The van der Waals surface area contributed by atoms with Crippen LogP contribution in [0.25, 0.3) is 0 Å². The van der Waals surface area contributed by atoms with Crippen molar-refractivity contribution in [2.45, 2.75) is 13.3 Å². The van der Waals surface area contributed by atoms with Crippen molar-refractivity contribution >= 4 is 17.5 Å². The van der Waals surface area contributed by atoms with Gasteiger partial charge in [0.2, 0.25) is 5.91 Å². The third kappa shape index (κ3) is 2.06. The molecule has 0 unspecified atom stereocenters. The Morgan fingerprint density at radius 1 is 1.29 bits per heavy atom. The zero-order valence-corrected chi connectivity index (χ0v) is 9.72. The van der Waals surface area contributed by atoms with Crippen LogP contribution >= 0.6 is 0 Å². The number of carbonyl (C=O) groups is 2. The highest BCUT2D eigenvalue weighted by Crippen LogP contribution is 2.23. The molecular weight excluding hydrogens is 216 g/mol. The van der Waals surface area contributed by atoms with Gasteiger partial charge in [0, 0.05) is 18.5 Å². The zero-order chi connectivity index (χ0) is 12.4. The van der Waals surface area contributed by atoms with Crippen LogP contribution in [0.5, 0.6) is 0 Å². The standard InChI is InChI=1S/C13H14N2O2/c1-10(2)13(17)15-12(16)8-9-14(15)11-6-4-3-5-7-11/h3-7H,1,8-9H2,2H3. The zero-order valence-electron chi connectivity index (χ0n) is 9.72. The summed E-state index contributed by atoms with van der Waals surface area (Å²) < 4.78 is 0. The van der Waals surface area contributed by atoms with Crippen molar-refractivity contribution < 1.29 is 9.59 Å². The van der Waals surface area contributed by atoms with Crippen LogP contribution in [-0.2, 0) is 9.59 Å². The quantitative estimate of drug-likeness (QED) is 0.727. The van der Waals surface area contributed by atoms with Gasteiger partial charge < -0.3 is 0 Å². The Kier molecular flexibility index (Phi) is 2.95. The number of rotatable bonds is 2. The van der Waals surface area contributed by atoms with E-state index >= 15 is 0 Å². The highest BCUT2D eigenvalue weighted by molar-refractivity contribution is 6.06. The number of carbonyl (C=O) groups excluding carboxylic acids is 2. The Morgan fingerprint density at radius 2 is 1.94 bits per heavy atom. The van der Waals surface area contributed by atoms with Gasteiger partial charge in [0.05, 0.1) is 5.69 Å². The molecule has 0 bridgehead atoms. The third-order valence-electron chi connectivity index (χ3n) is 2.63. The van der Waals surface area contributed by atoms with Crippen LogP contribution in [0.4, 0.5) is 5.69 Å². The fraction of sp³-hybridized carbons (Fsp3) is 0.231. The van der Waals surface area contributed by atoms with Crippen molar-refractivity contribution in [2.24, 2.45) is 0 Å². The first kappa shape index (κ1) is 11.4. The van der Waals surface area contributed by atoms with Crippen LogP contribution in [0.15, 0.2) is 42.5 Å². The number of hydrogen-bond donors (Lipinski definition) is 0. The van der Waals surface area contributed by atoms with Crippen LogP contribution in [0.2, 0.25) is 0 Å². The minimum Gasteiger partial charge on any atom is -0.275 e. The molecule has 0 N–H and O–H groups in total. The first-order chi connectivity index (χ1) is 8.11. The molecule has 4 heteroatoms. The molecule has 0 aromatic heterocycles. The summed E-state index contributed by atoms with van der Waals surface area (Å²) in [7, 11) is 0. The summed E-state index contributed by atoms with van der Waals surface area (Å²) in [5.74, 6) is -0.516. The summed E-state index contributed by atoms with van der Waals surface area (Å²) in [6.45, 7) is 5.73. The van der Waals surface area contributed by atoms with Gasteiger partial charge >= 0.3 is 0 Å². The van der Waals surface area contributed by atoms with Gasteiger partial charge in [-0.15, -0.1) is 0 Å². The average Bonchev–Trinajstić information content (AvgIpc) is 2.71. The molecule has 1 aliphatic rings. The molecule has 0 atom stereocenters. The van der Waals surface area contributed by atoms with Crippen molar-refractivity contribution in [1.29, 1.82) is 0 Å². The van der Waals surface area contributed by atoms with Gasteiger partial charge in [0.25, 0.3) is 5.91 Å². The predicted octanol–water partition coefficient (Wildman–Crippen LogP) is 1.74. The van der Waals surface area contributed by atoms with Crippen molar-refractivity contribution in [3.63, 3.8) is 0 Å². The maximum atomic E-state index is 11.9.